The van der Waals surface area contributed by atoms with Crippen molar-refractivity contribution in [1.82, 2.24) is 20.1 Å². The number of carbonyl (C=O) groups is 1. The fourth-order valence-electron chi connectivity index (χ4n) is 2.31. The van der Waals surface area contributed by atoms with Crippen LogP contribution in [-0.4, -0.2) is 37.4 Å². The third-order valence-corrected chi connectivity index (χ3v) is 3.60. The van der Waals surface area contributed by atoms with Crippen LogP contribution in [-0.2, 0) is 11.2 Å². The Morgan fingerprint density at radius 2 is 2.00 bits per heavy atom. The molecule has 0 bridgehead atoms. The van der Waals surface area contributed by atoms with Crippen molar-refractivity contribution in [2.24, 2.45) is 0 Å². The Morgan fingerprint density at radius 1 is 1.21 bits per heavy atom. The van der Waals surface area contributed by atoms with Crippen molar-refractivity contribution in [3.8, 4) is 11.5 Å². The van der Waals surface area contributed by atoms with Crippen molar-refractivity contribution >= 4 is 16.9 Å². The highest BCUT2D eigenvalue weighted by Crippen LogP contribution is 2.22. The number of pyridine rings is 1. The molecule has 4 rings (SSSR count). The summed E-state index contributed by atoms with van der Waals surface area (Å²) in [5.41, 5.74) is 3.03. The lowest BCUT2D eigenvalue weighted by Gasteiger charge is -1.95. The molecule has 0 spiro atoms. The summed E-state index contributed by atoms with van der Waals surface area (Å²) in [5.74, 6) is -1.57. The average molecular weight is 390 g/mol. The van der Waals surface area contributed by atoms with E-state index in [1.54, 1.807) is 12.4 Å². The van der Waals surface area contributed by atoms with Gasteiger partial charge in [-0.3, -0.25) is 4.98 Å². The summed E-state index contributed by atoms with van der Waals surface area (Å²) in [6.07, 6.45) is 0.996. The average Bonchev–Trinajstić information content (AvgIpc) is 3.31. The third kappa shape index (κ3) is 4.72. The van der Waals surface area contributed by atoms with Gasteiger partial charge in [0.2, 0.25) is 0 Å². The van der Waals surface area contributed by atoms with Gasteiger partial charge in [-0.1, -0.05) is 17.3 Å². The number of aliphatic carboxylic acids is 1. The van der Waals surface area contributed by atoms with Crippen LogP contribution in [0, 0.1) is 0 Å². The fourth-order valence-corrected chi connectivity index (χ4v) is 2.31. The number of nitrogens with one attached hydrogen (secondary N) is 1. The highest BCUT2D eigenvalue weighted by Gasteiger charge is 2.38. The summed E-state index contributed by atoms with van der Waals surface area (Å²) in [6, 6.07) is 11.9. The molecule has 0 atom stereocenters. The molecule has 0 aliphatic heterocycles. The first-order valence-corrected chi connectivity index (χ1v) is 7.92. The maximum Gasteiger partial charge on any atom is 0.490 e. The van der Waals surface area contributed by atoms with Crippen LogP contribution >= 0.6 is 0 Å². The van der Waals surface area contributed by atoms with E-state index in [0.29, 0.717) is 18.1 Å². The summed E-state index contributed by atoms with van der Waals surface area (Å²) in [6.45, 7) is 0. The normalized spacial score (nSPS) is 11.1. The predicted octanol–water partition coefficient (Wildman–Crippen LogP) is 3.84. The lowest BCUT2D eigenvalue weighted by molar-refractivity contribution is -0.192. The molecule has 0 saturated carbocycles. The molecule has 0 unspecified atom stereocenters. The second kappa shape index (κ2) is 7.91. The Hall–Kier alpha value is -3.69. The Balaban J connectivity index is 0.000000279. The summed E-state index contributed by atoms with van der Waals surface area (Å²) in [5, 5.41) is 12.3. The highest BCUT2D eigenvalue weighted by molar-refractivity contribution is 5.83. The maximum absolute atomic E-state index is 10.6. The van der Waals surface area contributed by atoms with Crippen molar-refractivity contribution in [2.45, 2.75) is 12.6 Å². The van der Waals surface area contributed by atoms with Crippen molar-refractivity contribution in [3.05, 3.63) is 66.4 Å². The number of fused-ring (bicyclic) bond motifs is 1. The van der Waals surface area contributed by atoms with Crippen LogP contribution in [0.2, 0.25) is 0 Å². The van der Waals surface area contributed by atoms with Crippen molar-refractivity contribution in [1.29, 1.82) is 0 Å². The molecule has 0 radical (unpaired) electrons. The zero-order valence-electron chi connectivity index (χ0n) is 14.1. The number of hydrogen-bond donors (Lipinski definition) is 2. The minimum Gasteiger partial charge on any atom is -0.475 e. The van der Waals surface area contributed by atoms with Gasteiger partial charge in [0.15, 0.2) is 5.82 Å². The topological polar surface area (TPSA) is 105 Å². The monoisotopic (exact) mass is 390 g/mol. The van der Waals surface area contributed by atoms with Crippen LogP contribution in [0.4, 0.5) is 13.2 Å². The van der Waals surface area contributed by atoms with Gasteiger partial charge in [-0.25, -0.2) is 4.79 Å². The Morgan fingerprint density at radius 3 is 2.68 bits per heavy atom. The molecule has 0 amide bonds. The van der Waals surface area contributed by atoms with Crippen LogP contribution in [0.25, 0.3) is 22.4 Å². The van der Waals surface area contributed by atoms with Crippen molar-refractivity contribution in [3.63, 3.8) is 0 Å². The number of aromatic amines is 1. The van der Waals surface area contributed by atoms with E-state index in [9.17, 15) is 13.2 Å². The van der Waals surface area contributed by atoms with Crippen LogP contribution < -0.4 is 0 Å². The van der Waals surface area contributed by atoms with Crippen LogP contribution in [0.1, 0.15) is 11.4 Å². The van der Waals surface area contributed by atoms with Gasteiger partial charge in [0.25, 0.3) is 5.89 Å². The number of rotatable bonds is 3. The number of hydrogen-bond acceptors (Lipinski definition) is 5. The lowest BCUT2D eigenvalue weighted by Crippen LogP contribution is -2.21. The molecule has 0 saturated heterocycles. The molecule has 0 aliphatic carbocycles. The number of alkyl halides is 3. The number of carboxylic acid groups (broad SMARTS) is 1. The third-order valence-electron chi connectivity index (χ3n) is 3.60. The first kappa shape index (κ1) is 19.1. The zero-order chi connectivity index (χ0) is 20.1. The molecule has 10 heteroatoms. The van der Waals surface area contributed by atoms with Gasteiger partial charge in [0, 0.05) is 36.1 Å². The van der Waals surface area contributed by atoms with E-state index in [1.807, 2.05) is 42.6 Å². The van der Waals surface area contributed by atoms with Gasteiger partial charge in [-0.15, -0.1) is 0 Å². The molecule has 0 fully saturated rings. The van der Waals surface area contributed by atoms with Gasteiger partial charge < -0.3 is 14.6 Å². The molecule has 144 valence electrons. The summed E-state index contributed by atoms with van der Waals surface area (Å²) >= 11 is 0. The number of H-pyrrole nitrogens is 1. The van der Waals surface area contributed by atoms with E-state index in [4.69, 9.17) is 14.4 Å². The molecular formula is C18H13F3N4O3. The van der Waals surface area contributed by atoms with E-state index in [0.717, 1.165) is 22.0 Å². The minimum atomic E-state index is -5.08. The van der Waals surface area contributed by atoms with Gasteiger partial charge >= 0.3 is 12.1 Å². The molecule has 28 heavy (non-hydrogen) atoms. The largest absolute Gasteiger partial charge is 0.490 e. The van der Waals surface area contributed by atoms with Crippen molar-refractivity contribution in [2.75, 3.05) is 0 Å². The quantitative estimate of drug-likeness (QED) is 0.551. The molecule has 7 nitrogen and oxygen atoms in total. The number of nitrogens with zero attached hydrogens (tertiary/aromatic N) is 3. The second-order valence-corrected chi connectivity index (χ2v) is 5.64. The van der Waals surface area contributed by atoms with Crippen LogP contribution in [0.5, 0.6) is 0 Å². The highest BCUT2D eigenvalue weighted by atomic mass is 19.4. The van der Waals surface area contributed by atoms with E-state index in [1.165, 1.54) is 0 Å². The van der Waals surface area contributed by atoms with E-state index in [-0.39, 0.29) is 0 Å². The molecule has 3 aromatic heterocycles. The summed E-state index contributed by atoms with van der Waals surface area (Å²) in [4.78, 5) is 20.6. The van der Waals surface area contributed by atoms with E-state index in [2.05, 4.69) is 20.1 Å². The standard InChI is InChI=1S/C16H12N4O.C2HF3O2/c1-2-11(10-17-6-1)8-15-19-16(21-20-15)13-4-3-12-5-7-18-14(12)9-13;3-2(4,5)1(6)7/h1-7,9-10,18H,8H2;(H,6,7). The maximum atomic E-state index is 10.6. The smallest absolute Gasteiger partial charge is 0.475 e. The predicted molar refractivity (Wildman–Crippen MR) is 92.3 cm³/mol. The van der Waals surface area contributed by atoms with Crippen LogP contribution in [0.3, 0.4) is 0 Å². The fraction of sp³-hybridized carbons (Fsp3) is 0.111. The van der Waals surface area contributed by atoms with Gasteiger partial charge in [-0.05, 0) is 35.2 Å². The molecule has 0 aliphatic rings. The molecule has 3 heterocycles. The number of aromatic nitrogens is 4. The summed E-state index contributed by atoms with van der Waals surface area (Å²) in [7, 11) is 0. The van der Waals surface area contributed by atoms with E-state index < -0.39 is 12.1 Å². The molecule has 4 aromatic rings. The Labute approximate surface area is 155 Å². The first-order valence-electron chi connectivity index (χ1n) is 7.92. The van der Waals surface area contributed by atoms with Gasteiger partial charge in [0.1, 0.15) is 0 Å². The van der Waals surface area contributed by atoms with Crippen LogP contribution in [0.15, 0.2) is 59.5 Å². The van der Waals surface area contributed by atoms with Gasteiger partial charge in [0.05, 0.1) is 0 Å². The lowest BCUT2D eigenvalue weighted by atomic mass is 10.1. The minimum absolute atomic E-state index is 0.533. The number of carboxylic acids is 1. The second-order valence-electron chi connectivity index (χ2n) is 5.64. The molecular weight excluding hydrogens is 377 g/mol. The summed E-state index contributed by atoms with van der Waals surface area (Å²) < 4.78 is 37.1. The Bertz CT molecular complexity index is 1070. The van der Waals surface area contributed by atoms with E-state index >= 15 is 0 Å². The van der Waals surface area contributed by atoms with Crippen molar-refractivity contribution < 1.29 is 27.6 Å². The SMILES string of the molecule is O=C(O)C(F)(F)F.c1cncc(Cc2noc(-c3ccc4cc[nH]c4c3)n2)c1. The Kier molecular flexibility index (Phi) is 5.39. The molecule has 2 N–H and O–H groups in total. The van der Waals surface area contributed by atoms with Gasteiger partial charge in [-0.2, -0.15) is 18.2 Å². The first-order chi connectivity index (χ1) is 13.3. The molecule has 1 aromatic carbocycles. The zero-order valence-corrected chi connectivity index (χ0v) is 14.1. The number of halogens is 3. The number of benzene rings is 1.